The van der Waals surface area contributed by atoms with Gasteiger partial charge in [-0.15, -0.1) is 0 Å². The Bertz CT molecular complexity index is 336. The van der Waals surface area contributed by atoms with Crippen molar-refractivity contribution in [2.24, 2.45) is 11.7 Å². The number of nitrogens with two attached hydrogens (primary N) is 1. The zero-order valence-electron chi connectivity index (χ0n) is 11.0. The fourth-order valence-electron chi connectivity index (χ4n) is 1.37. The monoisotopic (exact) mass is 291 g/mol. The van der Waals surface area contributed by atoms with Crippen molar-refractivity contribution in [2.75, 3.05) is 12.3 Å². The summed E-state index contributed by atoms with van der Waals surface area (Å²) in [4.78, 5) is 33.6. The lowest BCUT2D eigenvalue weighted by Crippen LogP contribution is -2.53. The molecule has 0 fully saturated rings. The highest BCUT2D eigenvalue weighted by atomic mass is 32.1. The largest absolute Gasteiger partial charge is 0.480 e. The Morgan fingerprint density at radius 2 is 1.84 bits per heavy atom. The summed E-state index contributed by atoms with van der Waals surface area (Å²) in [6, 6.07) is -1.59. The summed E-state index contributed by atoms with van der Waals surface area (Å²) in [6.45, 7) is 3.36. The fourth-order valence-corrected chi connectivity index (χ4v) is 1.63. The number of hydrogen-bond acceptors (Lipinski definition) is 5. The van der Waals surface area contributed by atoms with E-state index in [1.807, 2.05) is 13.8 Å². The summed E-state index contributed by atoms with van der Waals surface area (Å²) in [5, 5.41) is 13.1. The second-order valence-electron chi connectivity index (χ2n) is 4.59. The number of amides is 2. The van der Waals surface area contributed by atoms with Crippen molar-refractivity contribution in [3.8, 4) is 0 Å². The zero-order chi connectivity index (χ0) is 15.0. The number of nitrogens with one attached hydrogen (secondary N) is 2. The second kappa shape index (κ2) is 8.76. The molecule has 2 amide bonds. The first-order valence-corrected chi connectivity index (χ1v) is 6.57. The zero-order valence-corrected chi connectivity index (χ0v) is 11.9. The van der Waals surface area contributed by atoms with E-state index in [1.54, 1.807) is 0 Å². The predicted octanol–water partition coefficient (Wildman–Crippen LogP) is -1.02. The molecule has 0 rings (SSSR count). The number of carboxylic acid groups (broad SMARTS) is 1. The van der Waals surface area contributed by atoms with Gasteiger partial charge >= 0.3 is 5.97 Å². The Labute approximate surface area is 117 Å². The first kappa shape index (κ1) is 17.7. The van der Waals surface area contributed by atoms with Gasteiger partial charge in [0.1, 0.15) is 12.6 Å². The average Bonchev–Trinajstić information content (AvgIpc) is 2.31. The second-order valence-corrected chi connectivity index (χ2v) is 4.96. The molecule has 0 saturated heterocycles. The van der Waals surface area contributed by atoms with Crippen LogP contribution in [0.25, 0.3) is 0 Å². The van der Waals surface area contributed by atoms with Crippen molar-refractivity contribution in [3.05, 3.63) is 0 Å². The molecular formula is C11H21N3O4S. The van der Waals surface area contributed by atoms with Crippen molar-refractivity contribution in [1.82, 2.24) is 10.6 Å². The summed E-state index contributed by atoms with van der Waals surface area (Å²) < 4.78 is 0. The van der Waals surface area contributed by atoms with E-state index in [1.165, 1.54) is 0 Å². The maximum Gasteiger partial charge on any atom is 0.322 e. The molecule has 0 aliphatic heterocycles. The molecule has 0 radical (unpaired) electrons. The molecule has 0 saturated carbocycles. The highest BCUT2D eigenvalue weighted by Crippen LogP contribution is 2.03. The number of carbonyl (C=O) groups excluding carboxylic acids is 2. The van der Waals surface area contributed by atoms with Gasteiger partial charge < -0.3 is 21.5 Å². The third-order valence-electron chi connectivity index (χ3n) is 2.29. The highest BCUT2D eigenvalue weighted by Gasteiger charge is 2.23. The molecule has 8 heteroatoms. The van der Waals surface area contributed by atoms with Crippen LogP contribution in [0.15, 0.2) is 0 Å². The van der Waals surface area contributed by atoms with E-state index < -0.39 is 36.4 Å². The van der Waals surface area contributed by atoms with Crippen LogP contribution in [0.5, 0.6) is 0 Å². The standard InChI is InChI=1S/C11H21N3O4S/c1-6(2)3-7(12)10(17)14-8(5-19)11(18)13-4-9(15)16/h6-8,19H,3-5,12H2,1-2H3,(H,13,18)(H,14,17)(H,15,16). The molecule has 19 heavy (non-hydrogen) atoms. The Balaban J connectivity index is 4.34. The van der Waals surface area contributed by atoms with Crippen LogP contribution in [0.4, 0.5) is 0 Å². The van der Waals surface area contributed by atoms with E-state index in [-0.39, 0.29) is 11.7 Å². The number of thiol groups is 1. The van der Waals surface area contributed by atoms with Crippen LogP contribution < -0.4 is 16.4 Å². The van der Waals surface area contributed by atoms with Gasteiger partial charge in [-0.2, -0.15) is 12.6 Å². The summed E-state index contributed by atoms with van der Waals surface area (Å²) in [6.07, 6.45) is 0.502. The number of aliphatic carboxylic acids is 1. The number of carboxylic acids is 1. The molecule has 5 N–H and O–H groups in total. The number of rotatable bonds is 8. The van der Waals surface area contributed by atoms with Crippen molar-refractivity contribution in [2.45, 2.75) is 32.4 Å². The highest BCUT2D eigenvalue weighted by molar-refractivity contribution is 7.80. The topological polar surface area (TPSA) is 122 Å². The lowest BCUT2D eigenvalue weighted by atomic mass is 10.0. The molecule has 2 atom stereocenters. The summed E-state index contributed by atoms with van der Waals surface area (Å²) in [7, 11) is 0. The molecule has 0 spiro atoms. The van der Waals surface area contributed by atoms with E-state index in [0.29, 0.717) is 6.42 Å². The predicted molar refractivity (Wildman–Crippen MR) is 73.9 cm³/mol. The summed E-state index contributed by atoms with van der Waals surface area (Å²) >= 11 is 3.95. The van der Waals surface area contributed by atoms with Gasteiger partial charge in [0.2, 0.25) is 11.8 Å². The van der Waals surface area contributed by atoms with Crippen molar-refractivity contribution in [1.29, 1.82) is 0 Å². The quantitative estimate of drug-likeness (QED) is 0.366. The first-order chi connectivity index (χ1) is 8.77. The van der Waals surface area contributed by atoms with E-state index in [9.17, 15) is 14.4 Å². The van der Waals surface area contributed by atoms with Gasteiger partial charge in [0.05, 0.1) is 6.04 Å². The molecule has 110 valence electrons. The lowest BCUT2D eigenvalue weighted by Gasteiger charge is -2.19. The number of hydrogen-bond donors (Lipinski definition) is 5. The van der Waals surface area contributed by atoms with E-state index in [4.69, 9.17) is 10.8 Å². The molecular weight excluding hydrogens is 270 g/mol. The minimum absolute atomic E-state index is 0.0611. The van der Waals surface area contributed by atoms with Gasteiger partial charge in [-0.1, -0.05) is 13.8 Å². The minimum atomic E-state index is -1.16. The molecule has 0 heterocycles. The third-order valence-corrected chi connectivity index (χ3v) is 2.66. The first-order valence-electron chi connectivity index (χ1n) is 5.94. The van der Waals surface area contributed by atoms with Crippen LogP contribution in [0, 0.1) is 5.92 Å². The van der Waals surface area contributed by atoms with Gasteiger partial charge in [0.25, 0.3) is 0 Å². The Hall–Kier alpha value is -1.28. The van der Waals surface area contributed by atoms with E-state index >= 15 is 0 Å². The Kier molecular flexibility index (Phi) is 8.17. The smallest absolute Gasteiger partial charge is 0.322 e. The lowest BCUT2D eigenvalue weighted by molar-refractivity contribution is -0.138. The van der Waals surface area contributed by atoms with Crippen LogP contribution >= 0.6 is 12.6 Å². The minimum Gasteiger partial charge on any atom is -0.480 e. The maximum absolute atomic E-state index is 11.7. The average molecular weight is 291 g/mol. The fraction of sp³-hybridized carbons (Fsp3) is 0.727. The van der Waals surface area contributed by atoms with Gasteiger partial charge in [0, 0.05) is 5.75 Å². The van der Waals surface area contributed by atoms with E-state index in [2.05, 4.69) is 23.3 Å². The van der Waals surface area contributed by atoms with E-state index in [0.717, 1.165) is 0 Å². The van der Waals surface area contributed by atoms with Crippen LogP contribution in [0.2, 0.25) is 0 Å². The van der Waals surface area contributed by atoms with Crippen LogP contribution in [-0.4, -0.2) is 47.3 Å². The van der Waals surface area contributed by atoms with Crippen molar-refractivity contribution in [3.63, 3.8) is 0 Å². The Morgan fingerprint density at radius 3 is 2.26 bits per heavy atom. The molecule has 0 aromatic heterocycles. The van der Waals surface area contributed by atoms with Crippen molar-refractivity contribution >= 4 is 30.4 Å². The maximum atomic E-state index is 11.7. The van der Waals surface area contributed by atoms with Gasteiger partial charge in [0.15, 0.2) is 0 Å². The van der Waals surface area contributed by atoms with Crippen LogP contribution in [0.1, 0.15) is 20.3 Å². The molecule has 0 aromatic rings. The number of carbonyl (C=O) groups is 3. The molecule has 0 aliphatic carbocycles. The van der Waals surface area contributed by atoms with Crippen molar-refractivity contribution < 1.29 is 19.5 Å². The summed E-state index contributed by atoms with van der Waals surface area (Å²) in [5.41, 5.74) is 5.68. The molecule has 7 nitrogen and oxygen atoms in total. The SMILES string of the molecule is CC(C)CC(N)C(=O)NC(CS)C(=O)NCC(=O)O. The van der Waals surface area contributed by atoms with Gasteiger partial charge in [-0.25, -0.2) is 0 Å². The molecule has 0 bridgehead atoms. The van der Waals surface area contributed by atoms with Crippen LogP contribution in [0.3, 0.4) is 0 Å². The molecule has 2 unspecified atom stereocenters. The summed E-state index contributed by atoms with van der Waals surface area (Å²) in [5.74, 6) is -1.88. The molecule has 0 aromatic carbocycles. The molecule has 0 aliphatic rings. The normalized spacial score (nSPS) is 13.7. The van der Waals surface area contributed by atoms with Gasteiger partial charge in [-0.05, 0) is 12.3 Å². The Morgan fingerprint density at radius 1 is 1.26 bits per heavy atom. The van der Waals surface area contributed by atoms with Crippen LogP contribution in [-0.2, 0) is 14.4 Å². The third kappa shape index (κ3) is 7.68. The van der Waals surface area contributed by atoms with Gasteiger partial charge in [-0.3, -0.25) is 14.4 Å².